The third-order valence-electron chi connectivity index (χ3n) is 5.28. The molecule has 2 radical (unpaired) electrons. The second-order valence-electron chi connectivity index (χ2n) is 12.5. The molecule has 0 saturated carbocycles. The highest BCUT2D eigenvalue weighted by molar-refractivity contribution is 9.09. The van der Waals surface area contributed by atoms with Gasteiger partial charge in [0, 0.05) is 21.9 Å². The summed E-state index contributed by atoms with van der Waals surface area (Å²) in [5.41, 5.74) is 5.74. The van der Waals surface area contributed by atoms with Crippen molar-refractivity contribution in [3.63, 3.8) is 0 Å². The molecular weight excluding hydrogens is 433 g/mol. The van der Waals surface area contributed by atoms with Crippen molar-refractivity contribution in [1.29, 1.82) is 0 Å². The van der Waals surface area contributed by atoms with Crippen LogP contribution in [0.1, 0.15) is 105 Å². The van der Waals surface area contributed by atoms with Crippen LogP contribution in [0, 0.1) is 12.1 Å². The minimum atomic E-state index is 0.0881. The maximum absolute atomic E-state index is 3.67. The van der Waals surface area contributed by atoms with Gasteiger partial charge < -0.3 is 0 Å². The molecule has 0 amide bonds. The summed E-state index contributed by atoms with van der Waals surface area (Å²) in [7, 11) is 5.42. The van der Waals surface area contributed by atoms with E-state index in [0.717, 1.165) is 0 Å². The van der Waals surface area contributed by atoms with Crippen molar-refractivity contribution in [3.8, 4) is 0 Å². The van der Waals surface area contributed by atoms with E-state index in [-0.39, 0.29) is 21.7 Å². The predicted molar refractivity (Wildman–Crippen MR) is 145 cm³/mol. The summed E-state index contributed by atoms with van der Waals surface area (Å²) >= 11 is 0. The van der Waals surface area contributed by atoms with Crippen LogP contribution in [-0.2, 0) is 21.7 Å². The molecule has 0 aromatic heterocycles. The number of hydrogen-bond donors (Lipinski definition) is 0. The van der Waals surface area contributed by atoms with Gasteiger partial charge >= 0.3 is 0 Å². The number of hydrogen-bond acceptors (Lipinski definition) is 3. The summed E-state index contributed by atoms with van der Waals surface area (Å²) in [6, 6.07) is 16.6. The Morgan fingerprint density at radius 1 is 0.484 bits per heavy atom. The third-order valence-corrected chi connectivity index (χ3v) is 8.93. The minimum Gasteiger partial charge on any atom is -0.0561 e. The molecule has 0 N–H and O–H groups in total. The average molecular weight is 473 g/mol. The summed E-state index contributed by atoms with van der Waals surface area (Å²) in [5.74, 6) is 0. The van der Waals surface area contributed by atoms with Crippen molar-refractivity contribution < 1.29 is 0 Å². The lowest BCUT2D eigenvalue weighted by molar-refractivity contribution is 0.564. The second-order valence-corrected chi connectivity index (χ2v) is 16.5. The van der Waals surface area contributed by atoms with Crippen LogP contribution in [0.3, 0.4) is 0 Å². The molecule has 0 atom stereocenters. The van der Waals surface area contributed by atoms with Crippen LogP contribution >= 0.6 is 31.4 Å². The molecule has 170 valence electrons. The molecule has 0 saturated heterocycles. The number of rotatable bonds is 4. The fraction of sp³-hybridized carbons (Fsp3) is 0.571. The van der Waals surface area contributed by atoms with Crippen molar-refractivity contribution in [2.75, 3.05) is 0 Å². The molecular formula is C28H40S3. The Kier molecular flexibility index (Phi) is 8.10. The van der Waals surface area contributed by atoms with Gasteiger partial charge in [0.1, 0.15) is 0 Å². The van der Waals surface area contributed by atoms with Crippen molar-refractivity contribution >= 4 is 31.4 Å². The lowest BCUT2D eigenvalue weighted by atomic mass is 9.81. The molecule has 0 unspecified atom stereocenters. The van der Waals surface area contributed by atoms with Crippen molar-refractivity contribution in [2.24, 2.45) is 0 Å². The Hall–Kier alpha value is -0.510. The van der Waals surface area contributed by atoms with Crippen molar-refractivity contribution in [1.82, 2.24) is 0 Å². The van der Waals surface area contributed by atoms with Gasteiger partial charge in [0.25, 0.3) is 0 Å². The van der Waals surface area contributed by atoms with Crippen molar-refractivity contribution in [3.05, 3.63) is 58.7 Å². The molecule has 2 aromatic carbocycles. The van der Waals surface area contributed by atoms with Crippen LogP contribution in [0.25, 0.3) is 0 Å². The Balaban J connectivity index is 2.29. The van der Waals surface area contributed by atoms with Crippen LogP contribution in [0.5, 0.6) is 0 Å². The van der Waals surface area contributed by atoms with Crippen LogP contribution in [-0.4, -0.2) is 0 Å². The molecule has 0 aliphatic carbocycles. The first-order valence-corrected chi connectivity index (χ1v) is 14.5. The number of benzene rings is 2. The van der Waals surface area contributed by atoms with Gasteiger partial charge in [-0.05, 0) is 87.5 Å². The van der Waals surface area contributed by atoms with E-state index in [2.05, 4.69) is 119 Å². The summed E-state index contributed by atoms with van der Waals surface area (Å²) in [6.07, 6.45) is 0. The Morgan fingerprint density at radius 2 is 0.806 bits per heavy atom. The fourth-order valence-corrected chi connectivity index (χ4v) is 6.48. The van der Waals surface area contributed by atoms with E-state index in [1.807, 2.05) is 9.83 Å². The first-order chi connectivity index (χ1) is 13.9. The molecule has 0 nitrogen and oxygen atoms in total. The van der Waals surface area contributed by atoms with Gasteiger partial charge in [0.05, 0.1) is 0 Å². The van der Waals surface area contributed by atoms with E-state index in [4.69, 9.17) is 0 Å². The standard InChI is InChI=1S/C28H40S3/c1-25(2,3)19-13-20(26(4,5)6)16-23(15-19)29-31-30-24-17-21(27(7,8)9)14-22(18-24)28(10,11)12/h13-15,17H,1-12H3. The quantitative estimate of drug-likeness (QED) is 0.406. The molecule has 0 spiro atoms. The molecule has 0 aliphatic heterocycles. The van der Waals surface area contributed by atoms with E-state index in [1.54, 1.807) is 21.6 Å². The van der Waals surface area contributed by atoms with Gasteiger partial charge in [-0.3, -0.25) is 0 Å². The largest absolute Gasteiger partial charge is 0.0561 e. The van der Waals surface area contributed by atoms with Gasteiger partial charge in [0.15, 0.2) is 0 Å². The van der Waals surface area contributed by atoms with Gasteiger partial charge in [-0.1, -0.05) is 95.2 Å². The van der Waals surface area contributed by atoms with Crippen LogP contribution in [0.15, 0.2) is 34.1 Å². The SMILES string of the molecule is CC(C)(C)c1[c]c(SSSc2[c]c(C(C)(C)C)cc(C(C)(C)C)c2)cc(C(C)(C)C)c1. The summed E-state index contributed by atoms with van der Waals surface area (Å²) in [4.78, 5) is 2.41. The second kappa shape index (κ2) is 9.39. The van der Waals surface area contributed by atoms with E-state index in [1.165, 1.54) is 32.0 Å². The maximum Gasteiger partial charge on any atom is 0.0276 e. The predicted octanol–water partition coefficient (Wildman–Crippen LogP) is 9.92. The molecule has 0 heterocycles. The normalized spacial score (nSPS) is 13.5. The zero-order chi connectivity index (χ0) is 23.8. The zero-order valence-corrected chi connectivity index (χ0v) is 24.0. The Bertz CT molecular complexity index is 758. The molecule has 0 aliphatic rings. The average Bonchev–Trinajstić information content (AvgIpc) is 2.58. The van der Waals surface area contributed by atoms with Crippen LogP contribution in [0.2, 0.25) is 0 Å². The lowest BCUT2D eigenvalue weighted by Gasteiger charge is -2.26. The minimum absolute atomic E-state index is 0.0881. The highest BCUT2D eigenvalue weighted by Gasteiger charge is 2.23. The van der Waals surface area contributed by atoms with E-state index >= 15 is 0 Å². The zero-order valence-electron chi connectivity index (χ0n) is 21.5. The topological polar surface area (TPSA) is 0 Å². The van der Waals surface area contributed by atoms with Crippen LogP contribution < -0.4 is 0 Å². The first kappa shape index (κ1) is 26.7. The fourth-order valence-electron chi connectivity index (χ4n) is 2.94. The first-order valence-electron chi connectivity index (χ1n) is 11.1. The molecule has 0 bridgehead atoms. The summed E-state index contributed by atoms with van der Waals surface area (Å²) < 4.78 is 0. The van der Waals surface area contributed by atoms with Crippen LogP contribution in [0.4, 0.5) is 0 Å². The molecule has 0 fully saturated rings. The smallest absolute Gasteiger partial charge is 0.0276 e. The van der Waals surface area contributed by atoms with E-state index in [0.29, 0.717) is 0 Å². The molecule has 3 heteroatoms. The van der Waals surface area contributed by atoms with E-state index in [9.17, 15) is 0 Å². The van der Waals surface area contributed by atoms with E-state index < -0.39 is 0 Å². The molecule has 2 aromatic rings. The third kappa shape index (κ3) is 7.79. The summed E-state index contributed by atoms with van der Waals surface area (Å²) in [6.45, 7) is 27.3. The molecule has 31 heavy (non-hydrogen) atoms. The highest BCUT2D eigenvalue weighted by atomic mass is 33.5. The highest BCUT2D eigenvalue weighted by Crippen LogP contribution is 2.47. The Morgan fingerprint density at radius 3 is 1.06 bits per heavy atom. The van der Waals surface area contributed by atoms with Gasteiger partial charge in [-0.15, -0.1) is 0 Å². The van der Waals surface area contributed by atoms with Gasteiger partial charge in [-0.2, -0.15) is 0 Å². The summed E-state index contributed by atoms with van der Waals surface area (Å²) in [5, 5.41) is 0. The molecule has 2 rings (SSSR count). The monoisotopic (exact) mass is 472 g/mol. The van der Waals surface area contributed by atoms with Crippen molar-refractivity contribution in [2.45, 2.75) is 115 Å². The lowest BCUT2D eigenvalue weighted by Crippen LogP contribution is -2.16. The maximum atomic E-state index is 3.67. The Labute approximate surface area is 203 Å². The van der Waals surface area contributed by atoms with Gasteiger partial charge in [0.2, 0.25) is 0 Å². The van der Waals surface area contributed by atoms with Gasteiger partial charge in [-0.25, -0.2) is 0 Å².